The summed E-state index contributed by atoms with van der Waals surface area (Å²) in [4.78, 5) is 4.50. The lowest BCUT2D eigenvalue weighted by Crippen LogP contribution is -2.06. The first kappa shape index (κ1) is 8.82. The molecule has 1 aliphatic heterocycles. The number of thioether (sulfide) groups is 1. The zero-order valence-corrected chi connectivity index (χ0v) is 8.39. The first-order chi connectivity index (χ1) is 6.45. The number of hydrogen-bond acceptors (Lipinski definition) is 2. The maximum absolute atomic E-state index is 4.50. The lowest BCUT2D eigenvalue weighted by Gasteiger charge is -2.10. The Labute approximate surface area is 83.3 Å². The van der Waals surface area contributed by atoms with Gasteiger partial charge >= 0.3 is 0 Å². The van der Waals surface area contributed by atoms with E-state index in [2.05, 4.69) is 35.3 Å². The Kier molecular flexibility index (Phi) is 3.03. The van der Waals surface area contributed by atoms with Crippen LogP contribution in [0.5, 0.6) is 0 Å². The molecular formula is C11H13NS. The SMILES string of the molecule is c1ccc(CC2=NCCCS2)cc1. The normalized spacial score (nSPS) is 16.8. The lowest BCUT2D eigenvalue weighted by molar-refractivity contribution is 0.933. The molecule has 0 bridgehead atoms. The molecule has 0 saturated carbocycles. The summed E-state index contributed by atoms with van der Waals surface area (Å²) in [6.45, 7) is 1.02. The quantitative estimate of drug-likeness (QED) is 0.700. The fraction of sp³-hybridized carbons (Fsp3) is 0.364. The molecule has 0 radical (unpaired) electrons. The van der Waals surface area contributed by atoms with Gasteiger partial charge in [0.25, 0.3) is 0 Å². The Bertz CT molecular complexity index is 292. The molecule has 68 valence electrons. The van der Waals surface area contributed by atoms with Crippen LogP contribution in [0.1, 0.15) is 12.0 Å². The monoisotopic (exact) mass is 191 g/mol. The van der Waals surface area contributed by atoms with Crippen LogP contribution in [0.4, 0.5) is 0 Å². The Morgan fingerprint density at radius 3 is 2.77 bits per heavy atom. The van der Waals surface area contributed by atoms with E-state index in [0.717, 1.165) is 13.0 Å². The van der Waals surface area contributed by atoms with E-state index in [4.69, 9.17) is 0 Å². The fourth-order valence-electron chi connectivity index (χ4n) is 1.38. The van der Waals surface area contributed by atoms with E-state index >= 15 is 0 Å². The van der Waals surface area contributed by atoms with Crippen LogP contribution < -0.4 is 0 Å². The van der Waals surface area contributed by atoms with E-state index in [0.29, 0.717) is 0 Å². The summed E-state index contributed by atoms with van der Waals surface area (Å²) in [5.41, 5.74) is 1.37. The molecular weight excluding hydrogens is 178 g/mol. The largest absolute Gasteiger partial charge is 0.283 e. The highest BCUT2D eigenvalue weighted by Crippen LogP contribution is 2.16. The third-order valence-corrected chi connectivity index (χ3v) is 3.16. The van der Waals surface area contributed by atoms with Crippen molar-refractivity contribution in [2.24, 2.45) is 4.99 Å². The first-order valence-electron chi connectivity index (χ1n) is 4.65. The van der Waals surface area contributed by atoms with Gasteiger partial charge in [0.05, 0.1) is 5.04 Å². The number of aliphatic imine (C=N–C) groups is 1. The highest BCUT2D eigenvalue weighted by molar-refractivity contribution is 8.14. The average Bonchev–Trinajstić information content (AvgIpc) is 2.21. The predicted molar refractivity (Wildman–Crippen MR) is 59.5 cm³/mol. The van der Waals surface area contributed by atoms with Crippen molar-refractivity contribution >= 4 is 16.8 Å². The molecule has 0 aliphatic carbocycles. The van der Waals surface area contributed by atoms with E-state index in [1.165, 1.54) is 22.8 Å². The van der Waals surface area contributed by atoms with Gasteiger partial charge in [-0.1, -0.05) is 30.3 Å². The number of rotatable bonds is 2. The third kappa shape index (κ3) is 2.59. The van der Waals surface area contributed by atoms with Gasteiger partial charge in [-0.05, 0) is 12.0 Å². The van der Waals surface area contributed by atoms with Gasteiger partial charge < -0.3 is 0 Å². The second-order valence-corrected chi connectivity index (χ2v) is 4.31. The zero-order chi connectivity index (χ0) is 8.93. The molecule has 0 N–H and O–H groups in total. The molecule has 13 heavy (non-hydrogen) atoms. The Balaban J connectivity index is 2.01. The molecule has 1 heterocycles. The van der Waals surface area contributed by atoms with Crippen LogP contribution in [0.25, 0.3) is 0 Å². The Hall–Kier alpha value is -0.760. The summed E-state index contributed by atoms with van der Waals surface area (Å²) in [6.07, 6.45) is 2.26. The minimum Gasteiger partial charge on any atom is -0.283 e. The van der Waals surface area contributed by atoms with Gasteiger partial charge in [-0.2, -0.15) is 0 Å². The van der Waals surface area contributed by atoms with Gasteiger partial charge in [0, 0.05) is 18.7 Å². The van der Waals surface area contributed by atoms with Crippen molar-refractivity contribution in [3.63, 3.8) is 0 Å². The molecule has 0 aromatic heterocycles. The molecule has 1 aromatic carbocycles. The number of hydrogen-bond donors (Lipinski definition) is 0. The van der Waals surface area contributed by atoms with Crippen molar-refractivity contribution < 1.29 is 0 Å². The van der Waals surface area contributed by atoms with Crippen LogP contribution in [0.15, 0.2) is 35.3 Å². The van der Waals surface area contributed by atoms with E-state index in [-0.39, 0.29) is 0 Å². The second-order valence-electron chi connectivity index (χ2n) is 3.14. The van der Waals surface area contributed by atoms with Crippen molar-refractivity contribution in [1.82, 2.24) is 0 Å². The van der Waals surface area contributed by atoms with Gasteiger partial charge in [0.2, 0.25) is 0 Å². The van der Waals surface area contributed by atoms with E-state index in [1.807, 2.05) is 11.8 Å². The molecule has 2 rings (SSSR count). The molecule has 0 amide bonds. The molecule has 1 nitrogen and oxygen atoms in total. The number of nitrogens with zero attached hydrogens (tertiary/aromatic N) is 1. The third-order valence-electron chi connectivity index (χ3n) is 2.06. The number of benzene rings is 1. The molecule has 1 aromatic rings. The topological polar surface area (TPSA) is 12.4 Å². The molecule has 1 aliphatic rings. The van der Waals surface area contributed by atoms with Crippen molar-refractivity contribution in [1.29, 1.82) is 0 Å². The van der Waals surface area contributed by atoms with Crippen LogP contribution in [0, 0.1) is 0 Å². The summed E-state index contributed by atoms with van der Waals surface area (Å²) in [7, 11) is 0. The molecule has 0 atom stereocenters. The van der Waals surface area contributed by atoms with Crippen molar-refractivity contribution in [3.05, 3.63) is 35.9 Å². The second kappa shape index (κ2) is 4.47. The van der Waals surface area contributed by atoms with E-state index in [9.17, 15) is 0 Å². The Morgan fingerprint density at radius 2 is 2.08 bits per heavy atom. The van der Waals surface area contributed by atoms with E-state index in [1.54, 1.807) is 0 Å². The first-order valence-corrected chi connectivity index (χ1v) is 5.64. The summed E-state index contributed by atoms with van der Waals surface area (Å²) in [6, 6.07) is 10.6. The fourth-order valence-corrected chi connectivity index (χ4v) is 2.34. The highest BCUT2D eigenvalue weighted by Gasteiger charge is 2.05. The summed E-state index contributed by atoms with van der Waals surface area (Å²) >= 11 is 1.91. The molecule has 2 heteroatoms. The van der Waals surface area contributed by atoms with Crippen LogP contribution in [-0.4, -0.2) is 17.3 Å². The summed E-state index contributed by atoms with van der Waals surface area (Å²) in [5.74, 6) is 1.24. The van der Waals surface area contributed by atoms with Crippen molar-refractivity contribution in [2.45, 2.75) is 12.8 Å². The maximum Gasteiger partial charge on any atom is 0.0719 e. The van der Waals surface area contributed by atoms with Crippen LogP contribution >= 0.6 is 11.8 Å². The zero-order valence-electron chi connectivity index (χ0n) is 7.57. The van der Waals surface area contributed by atoms with E-state index < -0.39 is 0 Å². The minimum absolute atomic E-state index is 1.02. The molecule has 0 spiro atoms. The van der Waals surface area contributed by atoms with Crippen molar-refractivity contribution in [3.8, 4) is 0 Å². The van der Waals surface area contributed by atoms with Gasteiger partial charge in [-0.3, -0.25) is 4.99 Å². The molecule has 0 saturated heterocycles. The predicted octanol–water partition coefficient (Wildman–Crippen LogP) is 2.76. The van der Waals surface area contributed by atoms with Gasteiger partial charge in [0.15, 0.2) is 0 Å². The van der Waals surface area contributed by atoms with Gasteiger partial charge in [-0.15, -0.1) is 11.8 Å². The Morgan fingerprint density at radius 1 is 1.23 bits per heavy atom. The minimum atomic E-state index is 1.02. The smallest absolute Gasteiger partial charge is 0.0719 e. The maximum atomic E-state index is 4.50. The summed E-state index contributed by atoms with van der Waals surface area (Å²) < 4.78 is 0. The molecule has 0 fully saturated rings. The van der Waals surface area contributed by atoms with Gasteiger partial charge in [-0.25, -0.2) is 0 Å². The van der Waals surface area contributed by atoms with Crippen LogP contribution in [0.3, 0.4) is 0 Å². The standard InChI is InChI=1S/C11H13NS/c1-2-5-10(6-3-1)9-11-12-7-4-8-13-11/h1-3,5-6H,4,7-9H2. The molecule has 0 unspecified atom stereocenters. The van der Waals surface area contributed by atoms with Crippen LogP contribution in [-0.2, 0) is 6.42 Å². The lowest BCUT2D eigenvalue weighted by atomic mass is 10.2. The highest BCUT2D eigenvalue weighted by atomic mass is 32.2. The average molecular weight is 191 g/mol. The summed E-state index contributed by atoms with van der Waals surface area (Å²) in [5, 5.41) is 1.30. The van der Waals surface area contributed by atoms with Crippen molar-refractivity contribution in [2.75, 3.05) is 12.3 Å². The van der Waals surface area contributed by atoms with Gasteiger partial charge in [0.1, 0.15) is 0 Å². The van der Waals surface area contributed by atoms with Crippen LogP contribution in [0.2, 0.25) is 0 Å².